The lowest BCUT2D eigenvalue weighted by Crippen LogP contribution is -2.13. The highest BCUT2D eigenvalue weighted by Gasteiger charge is 2.14. The maximum absolute atomic E-state index is 12.5. The van der Waals surface area contributed by atoms with Gasteiger partial charge < -0.3 is 14.2 Å². The van der Waals surface area contributed by atoms with Crippen molar-refractivity contribution in [1.82, 2.24) is 9.36 Å². The number of hydrogen-bond donors (Lipinski definition) is 1. The van der Waals surface area contributed by atoms with Gasteiger partial charge in [-0.1, -0.05) is 41.6 Å². The maximum Gasteiger partial charge on any atom is 0.268 e. The van der Waals surface area contributed by atoms with Crippen LogP contribution in [0.25, 0.3) is 6.08 Å². The molecule has 34 heavy (non-hydrogen) atoms. The SMILES string of the molecule is CCOc1cc(/C=C(/C#N)C(=O)Nc2nc(SC)ns2)ccc1OCCOc1ccccc1Cl. The third-order valence-corrected chi connectivity index (χ3v) is 5.80. The van der Waals surface area contributed by atoms with Gasteiger partial charge in [0.1, 0.15) is 30.6 Å². The summed E-state index contributed by atoms with van der Waals surface area (Å²) in [4.78, 5) is 16.6. The Morgan fingerprint density at radius 3 is 2.62 bits per heavy atom. The van der Waals surface area contributed by atoms with Crippen LogP contribution in [0.2, 0.25) is 5.02 Å². The summed E-state index contributed by atoms with van der Waals surface area (Å²) in [6, 6.07) is 14.3. The second-order valence-electron chi connectivity index (χ2n) is 6.48. The van der Waals surface area contributed by atoms with Crippen molar-refractivity contribution < 1.29 is 19.0 Å². The molecule has 1 amide bonds. The van der Waals surface area contributed by atoms with E-state index in [4.69, 9.17) is 25.8 Å². The zero-order valence-corrected chi connectivity index (χ0v) is 20.8. The molecule has 0 aliphatic rings. The first-order valence-corrected chi connectivity index (χ1v) is 12.5. The molecule has 8 nitrogen and oxygen atoms in total. The van der Waals surface area contributed by atoms with E-state index in [2.05, 4.69) is 14.7 Å². The quantitative estimate of drug-likeness (QED) is 0.158. The number of para-hydroxylation sites is 1. The number of carbonyl (C=O) groups is 1. The third kappa shape index (κ3) is 7.12. The molecule has 0 radical (unpaired) electrons. The van der Waals surface area contributed by atoms with Gasteiger partial charge in [-0.05, 0) is 49.1 Å². The van der Waals surface area contributed by atoms with Crippen LogP contribution < -0.4 is 19.5 Å². The van der Waals surface area contributed by atoms with Crippen molar-refractivity contribution in [3.8, 4) is 23.3 Å². The molecule has 3 aromatic rings. The number of aromatic nitrogens is 2. The highest BCUT2D eigenvalue weighted by atomic mass is 35.5. The van der Waals surface area contributed by atoms with Crippen molar-refractivity contribution in [2.24, 2.45) is 0 Å². The number of ether oxygens (including phenoxy) is 3. The van der Waals surface area contributed by atoms with Crippen molar-refractivity contribution in [2.75, 3.05) is 31.4 Å². The Morgan fingerprint density at radius 2 is 1.94 bits per heavy atom. The Balaban J connectivity index is 1.66. The van der Waals surface area contributed by atoms with Gasteiger partial charge in [0, 0.05) is 11.5 Å². The summed E-state index contributed by atoms with van der Waals surface area (Å²) in [6.45, 7) is 2.83. The van der Waals surface area contributed by atoms with Crippen molar-refractivity contribution in [2.45, 2.75) is 12.1 Å². The molecule has 0 bridgehead atoms. The van der Waals surface area contributed by atoms with Crippen LogP contribution in [0.15, 0.2) is 53.2 Å². The summed E-state index contributed by atoms with van der Waals surface area (Å²) in [6.07, 6.45) is 3.31. The van der Waals surface area contributed by atoms with Crippen LogP contribution in [0, 0.1) is 11.3 Å². The van der Waals surface area contributed by atoms with E-state index in [1.807, 2.05) is 31.4 Å². The number of nitriles is 1. The van der Waals surface area contributed by atoms with E-state index >= 15 is 0 Å². The van der Waals surface area contributed by atoms with Crippen LogP contribution in [0.5, 0.6) is 17.2 Å². The zero-order chi connectivity index (χ0) is 24.3. The highest BCUT2D eigenvalue weighted by molar-refractivity contribution is 7.98. The first kappa shape index (κ1) is 25.4. The van der Waals surface area contributed by atoms with Crippen LogP contribution in [0.3, 0.4) is 0 Å². The van der Waals surface area contributed by atoms with Crippen LogP contribution >= 0.6 is 34.9 Å². The second kappa shape index (κ2) is 12.8. The third-order valence-electron chi connectivity index (χ3n) is 4.19. The molecule has 0 aliphatic carbocycles. The van der Waals surface area contributed by atoms with Gasteiger partial charge in [0.2, 0.25) is 10.3 Å². The lowest BCUT2D eigenvalue weighted by atomic mass is 10.1. The molecule has 0 fully saturated rings. The van der Waals surface area contributed by atoms with E-state index < -0.39 is 5.91 Å². The smallest absolute Gasteiger partial charge is 0.268 e. The number of amides is 1. The number of nitrogens with zero attached hydrogens (tertiary/aromatic N) is 3. The number of rotatable bonds is 11. The lowest BCUT2D eigenvalue weighted by Gasteiger charge is -2.13. The number of nitrogens with one attached hydrogen (secondary N) is 1. The molecule has 3 rings (SSSR count). The number of carbonyl (C=O) groups excluding carboxylic acids is 1. The molecule has 0 saturated carbocycles. The molecule has 176 valence electrons. The summed E-state index contributed by atoms with van der Waals surface area (Å²) in [5, 5.41) is 13.5. The first-order chi connectivity index (χ1) is 16.5. The highest BCUT2D eigenvalue weighted by Crippen LogP contribution is 2.30. The zero-order valence-electron chi connectivity index (χ0n) is 18.4. The van der Waals surface area contributed by atoms with Crippen LogP contribution in [0.1, 0.15) is 12.5 Å². The lowest BCUT2D eigenvalue weighted by molar-refractivity contribution is -0.112. The minimum Gasteiger partial charge on any atom is -0.490 e. The Morgan fingerprint density at radius 1 is 1.18 bits per heavy atom. The summed E-state index contributed by atoms with van der Waals surface area (Å²) < 4.78 is 21.2. The van der Waals surface area contributed by atoms with Crippen LogP contribution in [-0.4, -0.2) is 41.3 Å². The minimum absolute atomic E-state index is 0.0786. The van der Waals surface area contributed by atoms with Crippen molar-refractivity contribution in [3.05, 3.63) is 58.6 Å². The maximum atomic E-state index is 12.5. The van der Waals surface area contributed by atoms with Gasteiger partial charge in [0.05, 0.1) is 11.6 Å². The van der Waals surface area contributed by atoms with Crippen molar-refractivity contribution in [3.63, 3.8) is 0 Å². The van der Waals surface area contributed by atoms with Gasteiger partial charge in [0.15, 0.2) is 11.5 Å². The Labute approximate surface area is 210 Å². The number of benzene rings is 2. The van der Waals surface area contributed by atoms with Gasteiger partial charge >= 0.3 is 0 Å². The van der Waals surface area contributed by atoms with E-state index in [-0.39, 0.29) is 12.2 Å². The molecule has 1 N–H and O–H groups in total. The summed E-state index contributed by atoms with van der Waals surface area (Å²) in [5.41, 5.74) is 0.530. The standard InChI is InChI=1S/C23H21ClN4O4S2/c1-3-30-20-13-15(12-16(14-25)21(29)26-22-27-23(33-2)28-34-22)8-9-19(20)32-11-10-31-18-7-5-4-6-17(18)24/h4-9,12-13H,3,10-11H2,1-2H3,(H,26,27,28,29)/b16-12-. The van der Waals surface area contributed by atoms with E-state index in [1.54, 1.807) is 30.3 Å². The number of thioether (sulfide) groups is 1. The molecule has 1 heterocycles. The Bertz CT molecular complexity index is 1210. The predicted octanol–water partition coefficient (Wildman–Crippen LogP) is 5.32. The predicted molar refractivity (Wildman–Crippen MR) is 134 cm³/mol. The Hall–Kier alpha value is -3.26. The topological polar surface area (TPSA) is 106 Å². The summed E-state index contributed by atoms with van der Waals surface area (Å²) in [5.74, 6) is 1.02. The first-order valence-electron chi connectivity index (χ1n) is 10.1. The van der Waals surface area contributed by atoms with Gasteiger partial charge in [-0.3, -0.25) is 10.1 Å². The minimum atomic E-state index is -0.568. The molecule has 1 aromatic heterocycles. The van der Waals surface area contributed by atoms with Crippen LogP contribution in [-0.2, 0) is 4.79 Å². The van der Waals surface area contributed by atoms with E-state index in [0.29, 0.717) is 51.3 Å². The summed E-state index contributed by atoms with van der Waals surface area (Å²) >= 11 is 8.50. The van der Waals surface area contributed by atoms with E-state index in [0.717, 1.165) is 11.5 Å². The van der Waals surface area contributed by atoms with Gasteiger partial charge in [-0.15, -0.1) is 0 Å². The fourth-order valence-electron chi connectivity index (χ4n) is 2.69. The van der Waals surface area contributed by atoms with Crippen LogP contribution in [0.4, 0.5) is 5.13 Å². The Kier molecular flexibility index (Phi) is 9.58. The fraction of sp³-hybridized carbons (Fsp3) is 0.217. The number of hydrogen-bond acceptors (Lipinski definition) is 9. The van der Waals surface area contributed by atoms with Gasteiger partial charge in [-0.25, -0.2) is 0 Å². The average molecular weight is 517 g/mol. The number of anilines is 1. The van der Waals surface area contributed by atoms with Crippen molar-refractivity contribution >= 4 is 52.0 Å². The van der Waals surface area contributed by atoms with E-state index in [1.165, 1.54) is 17.8 Å². The second-order valence-corrected chi connectivity index (χ2v) is 8.41. The molecule has 0 unspecified atom stereocenters. The molecule has 0 aliphatic heterocycles. The van der Waals surface area contributed by atoms with E-state index in [9.17, 15) is 10.1 Å². The van der Waals surface area contributed by atoms with Gasteiger partial charge in [0.25, 0.3) is 5.91 Å². The monoisotopic (exact) mass is 516 g/mol. The average Bonchev–Trinajstić information content (AvgIpc) is 3.30. The molecule has 0 spiro atoms. The fourth-order valence-corrected chi connectivity index (χ4v) is 4.00. The molecule has 0 saturated heterocycles. The van der Waals surface area contributed by atoms with Crippen molar-refractivity contribution in [1.29, 1.82) is 5.26 Å². The molecular formula is C23H21ClN4O4S2. The molecular weight excluding hydrogens is 496 g/mol. The normalized spacial score (nSPS) is 10.9. The van der Waals surface area contributed by atoms with Gasteiger partial charge in [-0.2, -0.15) is 14.6 Å². The summed E-state index contributed by atoms with van der Waals surface area (Å²) in [7, 11) is 0. The molecule has 11 heteroatoms. The molecule has 2 aromatic carbocycles. The molecule has 0 atom stereocenters. The largest absolute Gasteiger partial charge is 0.490 e. The number of halogens is 1.